The summed E-state index contributed by atoms with van der Waals surface area (Å²) in [4.78, 5) is 10.5. The van der Waals surface area contributed by atoms with Crippen LogP contribution in [0.4, 0.5) is 0 Å². The topological polar surface area (TPSA) is 90.4 Å². The monoisotopic (exact) mass is 217 g/mol. The highest BCUT2D eigenvalue weighted by Crippen LogP contribution is 1.97. The Balaban J connectivity index is 3.51. The minimum absolute atomic E-state index is 0.248. The number of hydrogen-bond donors (Lipinski definition) is 3. The normalized spacial score (nSPS) is 12.7. The number of carbonyl (C=O) groups is 1. The van der Waals surface area contributed by atoms with Crippen LogP contribution in [-0.2, 0) is 9.53 Å². The molecule has 90 valence electrons. The van der Waals surface area contributed by atoms with Gasteiger partial charge in [-0.1, -0.05) is 0 Å². The lowest BCUT2D eigenvalue weighted by Gasteiger charge is -2.17. The molecule has 0 aromatic heterocycles. The predicted molar refractivity (Wildman–Crippen MR) is 60.4 cm³/mol. The highest BCUT2D eigenvalue weighted by atomic mass is 16.5. The molecule has 0 aliphatic carbocycles. The average molecular weight is 217 g/mol. The van der Waals surface area contributed by atoms with E-state index in [9.17, 15) is 4.79 Å². The van der Waals surface area contributed by atoms with E-state index in [2.05, 4.69) is 5.32 Å². The first-order chi connectivity index (χ1) is 7.20. The maximum Gasteiger partial charge on any atom is 0.217 e. The molecular formula is C10H23N3O2. The van der Waals surface area contributed by atoms with E-state index in [1.807, 2.05) is 0 Å². The van der Waals surface area contributed by atoms with Crippen LogP contribution in [0.1, 0.15) is 25.7 Å². The van der Waals surface area contributed by atoms with Gasteiger partial charge in [-0.25, -0.2) is 0 Å². The summed E-state index contributed by atoms with van der Waals surface area (Å²) in [6.45, 7) is 2.17. The third kappa shape index (κ3) is 9.65. The minimum Gasteiger partial charge on any atom is -0.383 e. The van der Waals surface area contributed by atoms with Crippen molar-refractivity contribution in [2.75, 3.05) is 26.8 Å². The number of amides is 1. The predicted octanol–water partition coefficient (Wildman–Crippen LogP) is -0.405. The Morgan fingerprint density at radius 2 is 2.20 bits per heavy atom. The highest BCUT2D eigenvalue weighted by molar-refractivity contribution is 5.73. The molecule has 0 aliphatic rings. The molecule has 0 spiro atoms. The summed E-state index contributed by atoms with van der Waals surface area (Å²) in [6, 6.07) is 0.325. The van der Waals surface area contributed by atoms with Gasteiger partial charge in [0.1, 0.15) is 0 Å². The van der Waals surface area contributed by atoms with Gasteiger partial charge >= 0.3 is 0 Å². The van der Waals surface area contributed by atoms with Crippen LogP contribution in [0.15, 0.2) is 0 Å². The van der Waals surface area contributed by atoms with Crippen LogP contribution in [-0.4, -0.2) is 38.8 Å². The Hall–Kier alpha value is -0.650. The zero-order valence-electron chi connectivity index (χ0n) is 9.50. The van der Waals surface area contributed by atoms with Crippen molar-refractivity contribution >= 4 is 5.91 Å². The first-order valence-electron chi connectivity index (χ1n) is 5.41. The fourth-order valence-corrected chi connectivity index (χ4v) is 1.38. The molecule has 0 rings (SSSR count). The Morgan fingerprint density at radius 3 is 2.73 bits per heavy atom. The molecule has 0 radical (unpaired) electrons. The largest absolute Gasteiger partial charge is 0.383 e. The first-order valence-corrected chi connectivity index (χ1v) is 5.41. The van der Waals surface area contributed by atoms with E-state index in [-0.39, 0.29) is 5.91 Å². The lowest BCUT2D eigenvalue weighted by Crippen LogP contribution is -2.34. The number of carbonyl (C=O) groups excluding carboxylic acids is 1. The third-order valence-electron chi connectivity index (χ3n) is 2.16. The second-order valence-corrected chi connectivity index (χ2v) is 3.61. The average Bonchev–Trinajstić information content (AvgIpc) is 2.20. The van der Waals surface area contributed by atoms with Gasteiger partial charge in [0.05, 0.1) is 6.61 Å². The molecule has 0 heterocycles. The molecule has 1 amide bonds. The Bertz CT molecular complexity index is 165. The first kappa shape index (κ1) is 14.3. The molecule has 0 aromatic rings. The summed E-state index contributed by atoms with van der Waals surface area (Å²) in [5.74, 6) is -0.248. The number of nitrogens with two attached hydrogens (primary N) is 2. The molecule has 15 heavy (non-hydrogen) atoms. The molecule has 0 aromatic carbocycles. The number of nitrogens with one attached hydrogen (secondary N) is 1. The smallest absolute Gasteiger partial charge is 0.217 e. The van der Waals surface area contributed by atoms with Gasteiger partial charge in [-0.15, -0.1) is 0 Å². The van der Waals surface area contributed by atoms with E-state index in [1.165, 1.54) is 0 Å². The SMILES string of the molecule is COCC(CCCN)NCCCC(N)=O. The van der Waals surface area contributed by atoms with Gasteiger partial charge in [0.15, 0.2) is 0 Å². The van der Waals surface area contributed by atoms with Crippen LogP contribution in [0.2, 0.25) is 0 Å². The van der Waals surface area contributed by atoms with Gasteiger partial charge < -0.3 is 21.5 Å². The van der Waals surface area contributed by atoms with Gasteiger partial charge in [0.25, 0.3) is 0 Å². The lowest BCUT2D eigenvalue weighted by molar-refractivity contribution is -0.118. The Labute approximate surface area is 91.5 Å². The van der Waals surface area contributed by atoms with Crippen LogP contribution in [0.25, 0.3) is 0 Å². The van der Waals surface area contributed by atoms with Crippen LogP contribution in [0.5, 0.6) is 0 Å². The summed E-state index contributed by atoms with van der Waals surface area (Å²) >= 11 is 0. The summed E-state index contributed by atoms with van der Waals surface area (Å²) in [5.41, 5.74) is 10.5. The quantitative estimate of drug-likeness (QED) is 0.434. The fourth-order valence-electron chi connectivity index (χ4n) is 1.38. The number of rotatable bonds is 10. The molecular weight excluding hydrogens is 194 g/mol. The molecule has 5 heteroatoms. The van der Waals surface area contributed by atoms with Gasteiger partial charge in [0, 0.05) is 19.6 Å². The summed E-state index contributed by atoms with van der Waals surface area (Å²) in [7, 11) is 1.68. The lowest BCUT2D eigenvalue weighted by atomic mass is 10.1. The van der Waals surface area contributed by atoms with Crippen LogP contribution in [0.3, 0.4) is 0 Å². The summed E-state index contributed by atoms with van der Waals surface area (Å²) in [5, 5.41) is 3.32. The van der Waals surface area contributed by atoms with Crippen molar-refractivity contribution in [3.8, 4) is 0 Å². The van der Waals surface area contributed by atoms with Crippen molar-refractivity contribution in [1.29, 1.82) is 0 Å². The molecule has 5 N–H and O–H groups in total. The Kier molecular flexibility index (Phi) is 9.46. The number of hydrogen-bond acceptors (Lipinski definition) is 4. The number of methoxy groups -OCH3 is 1. The zero-order chi connectivity index (χ0) is 11.5. The molecule has 0 saturated heterocycles. The molecule has 0 bridgehead atoms. The van der Waals surface area contributed by atoms with Crippen LogP contribution in [0, 0.1) is 0 Å². The zero-order valence-corrected chi connectivity index (χ0v) is 9.50. The van der Waals surface area contributed by atoms with Crippen molar-refractivity contribution in [2.24, 2.45) is 11.5 Å². The van der Waals surface area contributed by atoms with Crippen LogP contribution >= 0.6 is 0 Å². The third-order valence-corrected chi connectivity index (χ3v) is 2.16. The van der Waals surface area contributed by atoms with Gasteiger partial charge in [0.2, 0.25) is 5.91 Å². The Morgan fingerprint density at radius 1 is 1.47 bits per heavy atom. The molecule has 0 saturated carbocycles. The second kappa shape index (κ2) is 9.89. The van der Waals surface area contributed by atoms with E-state index in [4.69, 9.17) is 16.2 Å². The molecule has 1 atom stereocenters. The molecule has 1 unspecified atom stereocenters. The maximum absolute atomic E-state index is 10.5. The van der Waals surface area contributed by atoms with Crippen molar-refractivity contribution in [3.05, 3.63) is 0 Å². The molecule has 5 nitrogen and oxygen atoms in total. The van der Waals surface area contributed by atoms with E-state index in [0.717, 1.165) is 25.8 Å². The summed E-state index contributed by atoms with van der Waals surface area (Å²) in [6.07, 6.45) is 3.19. The number of primary amides is 1. The van der Waals surface area contributed by atoms with E-state index in [1.54, 1.807) is 7.11 Å². The van der Waals surface area contributed by atoms with Crippen molar-refractivity contribution in [3.63, 3.8) is 0 Å². The van der Waals surface area contributed by atoms with E-state index in [0.29, 0.717) is 25.6 Å². The maximum atomic E-state index is 10.5. The van der Waals surface area contributed by atoms with Crippen molar-refractivity contribution in [1.82, 2.24) is 5.32 Å². The molecule has 0 aliphatic heterocycles. The van der Waals surface area contributed by atoms with Crippen molar-refractivity contribution in [2.45, 2.75) is 31.7 Å². The standard InChI is InChI=1S/C10H23N3O2/c1-15-8-9(4-2-6-11)13-7-3-5-10(12)14/h9,13H,2-8,11H2,1H3,(H2,12,14). The van der Waals surface area contributed by atoms with Gasteiger partial charge in [-0.2, -0.15) is 0 Å². The summed E-state index contributed by atoms with van der Waals surface area (Å²) < 4.78 is 5.08. The molecule has 0 fully saturated rings. The van der Waals surface area contributed by atoms with Crippen LogP contribution < -0.4 is 16.8 Å². The highest BCUT2D eigenvalue weighted by Gasteiger charge is 2.06. The van der Waals surface area contributed by atoms with E-state index < -0.39 is 0 Å². The van der Waals surface area contributed by atoms with Gasteiger partial charge in [-0.05, 0) is 32.4 Å². The fraction of sp³-hybridized carbons (Fsp3) is 0.900. The minimum atomic E-state index is -0.248. The van der Waals surface area contributed by atoms with Crippen molar-refractivity contribution < 1.29 is 9.53 Å². The second-order valence-electron chi connectivity index (χ2n) is 3.61. The number of ether oxygens (including phenoxy) is 1. The van der Waals surface area contributed by atoms with Gasteiger partial charge in [-0.3, -0.25) is 4.79 Å². The van der Waals surface area contributed by atoms with E-state index >= 15 is 0 Å².